The first-order valence-corrected chi connectivity index (χ1v) is 6.77. The van der Waals surface area contributed by atoms with E-state index in [1.165, 1.54) is 0 Å². The fourth-order valence-electron chi connectivity index (χ4n) is 1.80. The van der Waals surface area contributed by atoms with Crippen molar-refractivity contribution in [2.75, 3.05) is 18.6 Å². The number of hydrogen-bond acceptors (Lipinski definition) is 5. The van der Waals surface area contributed by atoms with Gasteiger partial charge in [0.2, 0.25) is 0 Å². The molecule has 1 aliphatic heterocycles. The first-order valence-electron chi connectivity index (χ1n) is 5.61. The van der Waals surface area contributed by atoms with Crippen molar-refractivity contribution in [3.8, 4) is 11.5 Å². The topological polar surface area (TPSA) is 50.7 Å². The second kappa shape index (κ2) is 6.14. The van der Waals surface area contributed by atoms with Gasteiger partial charge in [-0.15, -0.1) is 0 Å². The number of rotatable bonds is 5. The lowest BCUT2D eigenvalue weighted by atomic mass is 10.2. The molecule has 0 bridgehead atoms. The van der Waals surface area contributed by atoms with Crippen molar-refractivity contribution in [1.29, 1.82) is 0 Å². The Balaban J connectivity index is 2.12. The molecule has 2 rings (SSSR count). The van der Waals surface area contributed by atoms with Crippen LogP contribution < -0.4 is 15.0 Å². The summed E-state index contributed by atoms with van der Waals surface area (Å²) in [4.78, 5) is 0. The molecule has 1 heterocycles. The van der Waals surface area contributed by atoms with E-state index in [1.54, 1.807) is 7.11 Å². The average Bonchev–Trinajstić information content (AvgIpc) is 2.83. The molecule has 0 saturated carbocycles. The van der Waals surface area contributed by atoms with E-state index in [0.29, 0.717) is 6.54 Å². The van der Waals surface area contributed by atoms with E-state index in [-0.39, 0.29) is 6.10 Å². The summed E-state index contributed by atoms with van der Waals surface area (Å²) in [5, 5.41) is 8.70. The van der Waals surface area contributed by atoms with Crippen molar-refractivity contribution in [2.45, 2.75) is 19.1 Å². The molecular formula is C12H17NO3S. The Hall–Kier alpha value is -0.910. The van der Waals surface area contributed by atoms with Crippen LogP contribution in [0.5, 0.6) is 11.5 Å². The van der Waals surface area contributed by atoms with E-state index >= 15 is 0 Å². The van der Waals surface area contributed by atoms with Gasteiger partial charge >= 0.3 is 0 Å². The van der Waals surface area contributed by atoms with Crippen LogP contribution >= 0.6 is 11.8 Å². The SMILES string of the molecule is COc1ccc(CNO)cc1OC1CCSC1. The van der Waals surface area contributed by atoms with Gasteiger partial charge in [-0.2, -0.15) is 11.8 Å². The predicted molar refractivity (Wildman–Crippen MR) is 68.0 cm³/mol. The molecule has 1 unspecified atom stereocenters. The van der Waals surface area contributed by atoms with Crippen LogP contribution in [0.2, 0.25) is 0 Å². The first-order chi connectivity index (χ1) is 8.33. The number of hydrogen-bond donors (Lipinski definition) is 2. The molecule has 2 N–H and O–H groups in total. The highest BCUT2D eigenvalue weighted by Gasteiger charge is 2.18. The summed E-state index contributed by atoms with van der Waals surface area (Å²) in [6.07, 6.45) is 1.35. The summed E-state index contributed by atoms with van der Waals surface area (Å²) in [6, 6.07) is 5.67. The monoisotopic (exact) mass is 255 g/mol. The third-order valence-electron chi connectivity index (χ3n) is 2.69. The van der Waals surface area contributed by atoms with Gasteiger partial charge in [0.05, 0.1) is 7.11 Å². The minimum absolute atomic E-state index is 0.270. The number of benzene rings is 1. The lowest BCUT2D eigenvalue weighted by Gasteiger charge is -2.16. The number of nitrogens with one attached hydrogen (secondary N) is 1. The van der Waals surface area contributed by atoms with E-state index in [4.69, 9.17) is 14.7 Å². The lowest BCUT2D eigenvalue weighted by Crippen LogP contribution is -2.15. The maximum atomic E-state index is 8.70. The van der Waals surface area contributed by atoms with Gasteiger partial charge < -0.3 is 14.7 Å². The molecule has 0 spiro atoms. The standard InChI is InChI=1S/C12H17NO3S/c1-15-11-3-2-9(7-13-14)6-12(11)16-10-4-5-17-8-10/h2-3,6,10,13-14H,4-5,7-8H2,1H3. The van der Waals surface area contributed by atoms with E-state index in [9.17, 15) is 0 Å². The minimum Gasteiger partial charge on any atom is -0.493 e. The highest BCUT2D eigenvalue weighted by Crippen LogP contribution is 2.31. The fraction of sp³-hybridized carbons (Fsp3) is 0.500. The van der Waals surface area contributed by atoms with Crippen molar-refractivity contribution in [3.63, 3.8) is 0 Å². The largest absolute Gasteiger partial charge is 0.493 e. The average molecular weight is 255 g/mol. The summed E-state index contributed by atoms with van der Waals surface area (Å²) < 4.78 is 11.2. The smallest absolute Gasteiger partial charge is 0.161 e. The van der Waals surface area contributed by atoms with Gasteiger partial charge in [0.25, 0.3) is 0 Å². The summed E-state index contributed by atoms with van der Waals surface area (Å²) in [6.45, 7) is 0.403. The van der Waals surface area contributed by atoms with Gasteiger partial charge in [0.1, 0.15) is 6.10 Å². The van der Waals surface area contributed by atoms with Crippen molar-refractivity contribution < 1.29 is 14.7 Å². The summed E-state index contributed by atoms with van der Waals surface area (Å²) in [5.74, 6) is 3.69. The number of methoxy groups -OCH3 is 1. The van der Waals surface area contributed by atoms with Crippen LogP contribution in [0.1, 0.15) is 12.0 Å². The Kier molecular flexibility index (Phi) is 4.53. The maximum Gasteiger partial charge on any atom is 0.161 e. The number of thioether (sulfide) groups is 1. The molecule has 1 aliphatic rings. The van der Waals surface area contributed by atoms with Gasteiger partial charge in [0, 0.05) is 12.3 Å². The highest BCUT2D eigenvalue weighted by molar-refractivity contribution is 7.99. The first kappa shape index (κ1) is 12.5. The van der Waals surface area contributed by atoms with E-state index in [1.807, 2.05) is 30.0 Å². The van der Waals surface area contributed by atoms with Crippen LogP contribution in [0.4, 0.5) is 0 Å². The Morgan fingerprint density at radius 2 is 2.35 bits per heavy atom. The molecule has 1 saturated heterocycles. The third kappa shape index (κ3) is 3.28. The van der Waals surface area contributed by atoms with Crippen LogP contribution in [-0.4, -0.2) is 29.9 Å². The Morgan fingerprint density at radius 3 is 3.00 bits per heavy atom. The Labute approximate surface area is 105 Å². The third-order valence-corrected chi connectivity index (χ3v) is 3.82. The normalized spacial score (nSPS) is 19.3. The van der Waals surface area contributed by atoms with Crippen LogP contribution in [0.15, 0.2) is 18.2 Å². The molecule has 1 atom stereocenters. The van der Waals surface area contributed by atoms with Crippen molar-refractivity contribution in [1.82, 2.24) is 5.48 Å². The van der Waals surface area contributed by atoms with Crippen LogP contribution in [0, 0.1) is 0 Å². The van der Waals surface area contributed by atoms with Gasteiger partial charge in [-0.3, -0.25) is 0 Å². The van der Waals surface area contributed by atoms with Crippen molar-refractivity contribution in [2.24, 2.45) is 0 Å². The second-order valence-corrected chi connectivity index (χ2v) is 5.07. The van der Waals surface area contributed by atoms with Gasteiger partial charge in [-0.25, -0.2) is 5.48 Å². The van der Waals surface area contributed by atoms with Gasteiger partial charge in [-0.05, 0) is 29.9 Å². The highest BCUT2D eigenvalue weighted by atomic mass is 32.2. The van der Waals surface area contributed by atoms with E-state index in [2.05, 4.69) is 5.48 Å². The second-order valence-electron chi connectivity index (χ2n) is 3.92. The number of hydroxylamine groups is 1. The summed E-state index contributed by atoms with van der Waals surface area (Å²) in [7, 11) is 1.63. The molecule has 0 amide bonds. The zero-order valence-corrected chi connectivity index (χ0v) is 10.6. The van der Waals surface area contributed by atoms with E-state index in [0.717, 1.165) is 35.0 Å². The molecule has 1 fully saturated rings. The van der Waals surface area contributed by atoms with Gasteiger partial charge in [0.15, 0.2) is 11.5 Å². The number of ether oxygens (including phenoxy) is 2. The molecule has 94 valence electrons. The van der Waals surface area contributed by atoms with Crippen LogP contribution in [0.25, 0.3) is 0 Å². The van der Waals surface area contributed by atoms with E-state index < -0.39 is 0 Å². The van der Waals surface area contributed by atoms with Crippen molar-refractivity contribution >= 4 is 11.8 Å². The van der Waals surface area contributed by atoms with Crippen LogP contribution in [0.3, 0.4) is 0 Å². The Bertz CT molecular complexity index is 367. The van der Waals surface area contributed by atoms with Gasteiger partial charge in [-0.1, -0.05) is 6.07 Å². The lowest BCUT2D eigenvalue weighted by molar-refractivity contribution is 0.161. The summed E-state index contributed by atoms with van der Waals surface area (Å²) >= 11 is 1.91. The molecule has 5 heteroatoms. The molecule has 4 nitrogen and oxygen atoms in total. The quantitative estimate of drug-likeness (QED) is 0.789. The minimum atomic E-state index is 0.270. The molecule has 0 aromatic heterocycles. The fourth-order valence-corrected chi connectivity index (χ4v) is 2.89. The zero-order valence-electron chi connectivity index (χ0n) is 9.81. The van der Waals surface area contributed by atoms with Crippen molar-refractivity contribution in [3.05, 3.63) is 23.8 Å². The summed E-state index contributed by atoms with van der Waals surface area (Å²) in [5.41, 5.74) is 3.11. The molecule has 0 aliphatic carbocycles. The zero-order chi connectivity index (χ0) is 12.1. The molecular weight excluding hydrogens is 238 g/mol. The molecule has 1 aromatic rings. The molecule has 1 aromatic carbocycles. The predicted octanol–water partition coefficient (Wildman–Crippen LogP) is 2.06. The Morgan fingerprint density at radius 1 is 1.47 bits per heavy atom. The van der Waals surface area contributed by atoms with Crippen LogP contribution in [-0.2, 0) is 6.54 Å². The molecule has 17 heavy (non-hydrogen) atoms. The molecule has 0 radical (unpaired) electrons. The maximum absolute atomic E-state index is 8.70.